The molecule has 2 saturated heterocycles. The molecule has 1 amide bonds. The van der Waals surface area contributed by atoms with Crippen molar-refractivity contribution in [2.24, 2.45) is 0 Å². The van der Waals surface area contributed by atoms with Crippen molar-refractivity contribution in [3.8, 4) is 29.4 Å². The highest BCUT2D eigenvalue weighted by molar-refractivity contribution is 7.16. The highest BCUT2D eigenvalue weighted by Crippen LogP contribution is 2.54. The van der Waals surface area contributed by atoms with Gasteiger partial charge in [0.05, 0.1) is 23.9 Å². The maximum Gasteiger partial charge on any atom is 0.272 e. The molecule has 3 N–H and O–H groups in total. The number of likely N-dealkylation sites (N-methyl/N-ethyl adjacent to an activating group) is 1. The molecule has 4 aromatic heterocycles. The van der Waals surface area contributed by atoms with E-state index in [1.165, 1.54) is 16.2 Å². The number of fused-ring (bicyclic) bond motifs is 4. The Morgan fingerprint density at radius 3 is 2.88 bits per heavy atom. The molecular formula is C34H39N9O4S. The number of rotatable bonds is 7. The summed E-state index contributed by atoms with van der Waals surface area (Å²) in [6, 6.07) is 6.04. The number of thiophene rings is 1. The van der Waals surface area contributed by atoms with E-state index >= 15 is 0 Å². The molecule has 14 heteroatoms. The van der Waals surface area contributed by atoms with Gasteiger partial charge in [-0.2, -0.15) is 15.3 Å². The van der Waals surface area contributed by atoms with Crippen molar-refractivity contribution >= 4 is 22.2 Å². The van der Waals surface area contributed by atoms with Gasteiger partial charge in [-0.05, 0) is 89.9 Å². The minimum atomic E-state index is -0.435. The zero-order chi connectivity index (χ0) is 33.0. The van der Waals surface area contributed by atoms with Crippen molar-refractivity contribution in [2.45, 2.75) is 88.3 Å². The molecule has 0 unspecified atom stereocenters. The molecule has 0 saturated carbocycles. The predicted molar refractivity (Wildman–Crippen MR) is 177 cm³/mol. The third-order valence-corrected chi connectivity index (χ3v) is 11.6. The minimum Gasteiger partial charge on any atom is -0.473 e. The first-order valence-electron chi connectivity index (χ1n) is 16.9. The average Bonchev–Trinajstić information content (AvgIpc) is 3.92. The van der Waals surface area contributed by atoms with E-state index in [2.05, 4.69) is 35.4 Å². The Morgan fingerprint density at radius 2 is 2.10 bits per heavy atom. The summed E-state index contributed by atoms with van der Waals surface area (Å²) < 4.78 is 19.6. The summed E-state index contributed by atoms with van der Waals surface area (Å²) in [5.74, 6) is 1.40. The highest BCUT2D eigenvalue weighted by atomic mass is 32.1. The number of amides is 1. The summed E-state index contributed by atoms with van der Waals surface area (Å²) in [7, 11) is 2.12. The molecule has 8 rings (SSSR count). The van der Waals surface area contributed by atoms with Crippen LogP contribution < -0.4 is 15.8 Å². The summed E-state index contributed by atoms with van der Waals surface area (Å²) >= 11 is 1.52. The lowest BCUT2D eigenvalue weighted by Crippen LogP contribution is -2.38. The van der Waals surface area contributed by atoms with E-state index in [9.17, 15) is 10.1 Å². The number of carbonyl (C=O) groups is 1. The smallest absolute Gasteiger partial charge is 0.272 e. The van der Waals surface area contributed by atoms with E-state index in [1.807, 2.05) is 0 Å². The molecule has 4 atom stereocenters. The predicted octanol–water partition coefficient (Wildman–Crippen LogP) is 4.17. The quantitative estimate of drug-likeness (QED) is 0.290. The van der Waals surface area contributed by atoms with Crippen LogP contribution in [-0.2, 0) is 23.0 Å². The largest absolute Gasteiger partial charge is 0.473 e. The molecule has 2 fully saturated rings. The molecule has 2 aliphatic heterocycles. The van der Waals surface area contributed by atoms with E-state index in [1.54, 1.807) is 23.0 Å². The van der Waals surface area contributed by atoms with Gasteiger partial charge in [-0.3, -0.25) is 9.69 Å². The molecule has 13 nitrogen and oxygen atoms in total. The van der Waals surface area contributed by atoms with Crippen LogP contribution in [0.1, 0.15) is 89.6 Å². The maximum absolute atomic E-state index is 13.0. The number of nitriles is 1. The van der Waals surface area contributed by atoms with Gasteiger partial charge < -0.3 is 25.0 Å². The Kier molecular flexibility index (Phi) is 7.93. The molecular weight excluding hydrogens is 630 g/mol. The Labute approximate surface area is 282 Å². The van der Waals surface area contributed by atoms with E-state index < -0.39 is 5.41 Å². The number of nitrogen functional groups attached to an aromatic ring is 1. The van der Waals surface area contributed by atoms with E-state index in [0.717, 1.165) is 81.2 Å². The zero-order valence-electron chi connectivity index (χ0n) is 27.2. The van der Waals surface area contributed by atoms with Gasteiger partial charge in [0.2, 0.25) is 17.5 Å². The van der Waals surface area contributed by atoms with Gasteiger partial charge >= 0.3 is 0 Å². The van der Waals surface area contributed by atoms with E-state index in [0.29, 0.717) is 47.1 Å². The Bertz CT molecular complexity index is 1900. The van der Waals surface area contributed by atoms with Gasteiger partial charge in [0, 0.05) is 40.8 Å². The normalized spacial score (nSPS) is 24.3. The summed E-state index contributed by atoms with van der Waals surface area (Å²) in [6.45, 7) is 4.23. The van der Waals surface area contributed by atoms with Crippen LogP contribution in [-0.4, -0.2) is 80.7 Å². The van der Waals surface area contributed by atoms with Gasteiger partial charge in [0.1, 0.15) is 17.2 Å². The van der Waals surface area contributed by atoms with Crippen LogP contribution in [0.3, 0.4) is 0 Å². The maximum atomic E-state index is 13.0. The van der Waals surface area contributed by atoms with Gasteiger partial charge in [-0.15, -0.1) is 11.3 Å². The number of ether oxygens (including phenoxy) is 2. The van der Waals surface area contributed by atoms with Crippen LogP contribution in [0.15, 0.2) is 22.9 Å². The molecule has 1 spiro atoms. The Balaban J connectivity index is 1.19. The molecule has 0 radical (unpaired) electrons. The average molecular weight is 670 g/mol. The first kappa shape index (κ1) is 31.0. The SMILES string of the molecule is C[C@H](Oc1cc(-n2ccc(C(=O)N[C@@H]3CCOC3)n2)nc(-c2onc3c2CCC[C@@]32CCCc3sc(N)c(C#N)c32)n1)[C@@H]1CCCN1C. The van der Waals surface area contributed by atoms with Crippen LogP contribution in [0, 0.1) is 11.3 Å². The number of nitrogens with two attached hydrogens (primary N) is 1. The van der Waals surface area contributed by atoms with Crippen molar-refractivity contribution in [3.05, 3.63) is 51.3 Å². The molecule has 250 valence electrons. The van der Waals surface area contributed by atoms with Crippen molar-refractivity contribution in [1.29, 1.82) is 5.26 Å². The summed E-state index contributed by atoms with van der Waals surface area (Å²) in [5, 5.41) is 23.0. The number of hydrogen-bond acceptors (Lipinski definition) is 12. The molecule has 0 aromatic carbocycles. The zero-order valence-corrected chi connectivity index (χ0v) is 28.0. The molecule has 2 aliphatic carbocycles. The number of carbonyl (C=O) groups excluding carboxylic acids is 1. The van der Waals surface area contributed by atoms with Crippen LogP contribution in [0.5, 0.6) is 5.88 Å². The van der Waals surface area contributed by atoms with Gasteiger partial charge in [-0.1, -0.05) is 5.16 Å². The lowest BCUT2D eigenvalue weighted by atomic mass is 9.62. The number of nitrogens with zero attached hydrogens (tertiary/aromatic N) is 7. The van der Waals surface area contributed by atoms with Crippen LogP contribution >= 0.6 is 11.3 Å². The van der Waals surface area contributed by atoms with Crippen LogP contribution in [0.25, 0.3) is 17.4 Å². The highest BCUT2D eigenvalue weighted by Gasteiger charge is 2.48. The number of anilines is 1. The van der Waals surface area contributed by atoms with Crippen molar-refractivity contribution in [3.63, 3.8) is 0 Å². The fourth-order valence-corrected chi connectivity index (χ4v) is 9.36. The lowest BCUT2D eigenvalue weighted by molar-refractivity contribution is 0.0924. The lowest BCUT2D eigenvalue weighted by Gasteiger charge is -2.39. The number of aryl methyl sites for hydroxylation is 1. The van der Waals surface area contributed by atoms with Crippen molar-refractivity contribution in [1.82, 2.24) is 35.1 Å². The molecule has 4 aliphatic rings. The number of aromatic nitrogens is 5. The third-order valence-electron chi connectivity index (χ3n) is 10.5. The topological polar surface area (TPSA) is 170 Å². The van der Waals surface area contributed by atoms with Gasteiger partial charge in [0.25, 0.3) is 5.91 Å². The number of nitrogens with one attached hydrogen (secondary N) is 1. The summed E-state index contributed by atoms with van der Waals surface area (Å²) in [6.07, 6.45) is 9.82. The fraction of sp³-hybridized carbons (Fsp3) is 0.529. The van der Waals surface area contributed by atoms with Crippen LogP contribution in [0.4, 0.5) is 5.00 Å². The summed E-state index contributed by atoms with van der Waals surface area (Å²) in [5.41, 5.74) is 9.61. The number of hydrogen-bond donors (Lipinski definition) is 2. The second-order valence-corrected chi connectivity index (χ2v) is 14.6. The second kappa shape index (κ2) is 12.3. The standard InChI is InChI=1S/C34H39N9O4S/c1-19(24-7-5-13-42(24)2)46-27-16-26(43-14-9-23(40-43)33(44)37-20-10-15-45-18-20)38-32(39-27)29-21-6-3-11-34(30(21)41-47-29)12-4-8-25-28(34)22(17-35)31(36)48-25/h9,14,16,19-20,24H,3-8,10-13,15,18,36H2,1-2H3,(H,37,44)/t19-,20+,24-,34-/m0/s1. The molecule has 48 heavy (non-hydrogen) atoms. The Morgan fingerprint density at radius 1 is 1.25 bits per heavy atom. The van der Waals surface area contributed by atoms with E-state index in [-0.39, 0.29) is 29.8 Å². The first-order chi connectivity index (χ1) is 23.3. The molecule has 0 bridgehead atoms. The van der Waals surface area contributed by atoms with Crippen molar-refractivity contribution < 1.29 is 18.8 Å². The van der Waals surface area contributed by atoms with Crippen LogP contribution in [0.2, 0.25) is 0 Å². The van der Waals surface area contributed by atoms with Gasteiger partial charge in [0.15, 0.2) is 11.5 Å². The minimum absolute atomic E-state index is 0.0283. The fourth-order valence-electron chi connectivity index (χ4n) is 8.20. The van der Waals surface area contributed by atoms with Gasteiger partial charge in [-0.25, -0.2) is 9.67 Å². The molecule has 6 heterocycles. The second-order valence-electron chi connectivity index (χ2n) is 13.5. The molecule has 4 aromatic rings. The van der Waals surface area contributed by atoms with Crippen molar-refractivity contribution in [2.75, 3.05) is 32.5 Å². The Hall–Kier alpha value is -4.32. The third kappa shape index (κ3) is 5.24. The summed E-state index contributed by atoms with van der Waals surface area (Å²) in [4.78, 5) is 26.3. The first-order valence-corrected chi connectivity index (χ1v) is 17.7. The monoisotopic (exact) mass is 669 g/mol. The van der Waals surface area contributed by atoms with E-state index in [4.69, 9.17) is 34.9 Å². The number of likely N-dealkylation sites (tertiary alicyclic amines) is 1.